The first-order chi connectivity index (χ1) is 11.6. The van der Waals surface area contributed by atoms with E-state index in [4.69, 9.17) is 10.00 Å². The number of likely N-dealkylation sites (tertiary alicyclic amines) is 1. The molecule has 128 valence electrons. The number of carbonyl (C=O) groups excluding carboxylic acids is 2. The van der Waals surface area contributed by atoms with Gasteiger partial charge in [-0.1, -0.05) is 12.1 Å². The van der Waals surface area contributed by atoms with Crippen molar-refractivity contribution in [1.82, 2.24) is 4.90 Å². The zero-order chi connectivity index (χ0) is 17.4. The van der Waals surface area contributed by atoms with Gasteiger partial charge in [-0.05, 0) is 50.6 Å². The van der Waals surface area contributed by atoms with E-state index >= 15 is 0 Å². The average Bonchev–Trinajstić information content (AvgIpc) is 2.58. The molecule has 1 aromatic rings. The molecule has 0 aliphatic carbocycles. The number of anilines is 1. The summed E-state index contributed by atoms with van der Waals surface area (Å²) in [5.74, 6) is -0.242. The molecular weight excluding hydrogens is 306 g/mol. The van der Waals surface area contributed by atoms with Crippen LogP contribution in [0, 0.1) is 17.2 Å². The zero-order valence-electron chi connectivity index (χ0n) is 14.0. The third kappa shape index (κ3) is 5.36. The summed E-state index contributed by atoms with van der Waals surface area (Å²) in [5, 5.41) is 11.5. The average molecular weight is 329 g/mol. The number of piperidine rings is 1. The minimum Gasteiger partial charge on any atom is -0.466 e. The molecule has 0 bridgehead atoms. The molecule has 24 heavy (non-hydrogen) atoms. The van der Waals surface area contributed by atoms with Gasteiger partial charge < -0.3 is 10.1 Å². The van der Waals surface area contributed by atoms with Crippen LogP contribution in [0.25, 0.3) is 0 Å². The summed E-state index contributed by atoms with van der Waals surface area (Å²) >= 11 is 0. The lowest BCUT2D eigenvalue weighted by molar-refractivity contribution is -0.149. The summed E-state index contributed by atoms with van der Waals surface area (Å²) in [7, 11) is 0. The van der Waals surface area contributed by atoms with Crippen LogP contribution in [0.15, 0.2) is 24.3 Å². The number of nitrogens with zero attached hydrogens (tertiary/aromatic N) is 2. The normalized spacial score (nSPS) is 15.5. The van der Waals surface area contributed by atoms with Gasteiger partial charge in [-0.15, -0.1) is 0 Å². The number of nitrogens with one attached hydrogen (secondary N) is 1. The number of carbonyl (C=O) groups is 2. The Labute approximate surface area is 142 Å². The van der Waals surface area contributed by atoms with Crippen molar-refractivity contribution in [3.63, 3.8) is 0 Å². The molecule has 1 heterocycles. The second kappa shape index (κ2) is 9.04. The predicted molar refractivity (Wildman–Crippen MR) is 90.2 cm³/mol. The maximum absolute atomic E-state index is 12.1. The highest BCUT2D eigenvalue weighted by molar-refractivity contribution is 5.92. The van der Waals surface area contributed by atoms with Gasteiger partial charge in [0, 0.05) is 5.69 Å². The first kappa shape index (κ1) is 18.0. The summed E-state index contributed by atoms with van der Waals surface area (Å²) in [6.45, 7) is 3.98. The summed E-state index contributed by atoms with van der Waals surface area (Å²) in [6.07, 6.45) is 1.83. The third-order valence-corrected chi connectivity index (χ3v) is 4.10. The van der Waals surface area contributed by atoms with Crippen LogP contribution in [0.5, 0.6) is 0 Å². The summed E-state index contributed by atoms with van der Waals surface area (Å²) < 4.78 is 5.05. The molecule has 0 spiro atoms. The Morgan fingerprint density at radius 2 is 1.96 bits per heavy atom. The van der Waals surface area contributed by atoms with Gasteiger partial charge in [0.15, 0.2) is 0 Å². The largest absolute Gasteiger partial charge is 0.466 e. The molecule has 0 unspecified atom stereocenters. The molecular formula is C18H23N3O3. The maximum atomic E-state index is 12.1. The fourth-order valence-electron chi connectivity index (χ4n) is 2.79. The van der Waals surface area contributed by atoms with Crippen LogP contribution < -0.4 is 5.32 Å². The molecule has 6 nitrogen and oxygen atoms in total. The van der Waals surface area contributed by atoms with E-state index < -0.39 is 0 Å². The number of amides is 1. The van der Waals surface area contributed by atoms with Gasteiger partial charge in [0.25, 0.3) is 0 Å². The number of hydrogen-bond acceptors (Lipinski definition) is 5. The van der Waals surface area contributed by atoms with Crippen LogP contribution in [-0.4, -0.2) is 43.0 Å². The molecule has 1 amide bonds. The van der Waals surface area contributed by atoms with E-state index in [0.717, 1.165) is 37.2 Å². The first-order valence-corrected chi connectivity index (χ1v) is 8.27. The van der Waals surface area contributed by atoms with E-state index in [1.165, 1.54) is 0 Å². The lowest BCUT2D eigenvalue weighted by Crippen LogP contribution is -2.41. The fourth-order valence-corrected chi connectivity index (χ4v) is 2.79. The molecule has 1 aromatic carbocycles. The van der Waals surface area contributed by atoms with Gasteiger partial charge in [0.05, 0.1) is 31.6 Å². The quantitative estimate of drug-likeness (QED) is 0.807. The minimum atomic E-state index is -0.126. The lowest BCUT2D eigenvalue weighted by Gasteiger charge is -2.30. The molecule has 0 aromatic heterocycles. The minimum absolute atomic E-state index is 0.0445. The van der Waals surface area contributed by atoms with Gasteiger partial charge in [-0.2, -0.15) is 5.26 Å². The molecule has 1 fully saturated rings. The molecule has 0 saturated carbocycles. The van der Waals surface area contributed by atoms with Gasteiger partial charge in [-0.25, -0.2) is 0 Å². The fraction of sp³-hybridized carbons (Fsp3) is 0.500. The van der Waals surface area contributed by atoms with Crippen molar-refractivity contribution in [2.24, 2.45) is 5.92 Å². The topological polar surface area (TPSA) is 82.4 Å². The predicted octanol–water partition coefficient (Wildman–Crippen LogP) is 1.97. The second-order valence-corrected chi connectivity index (χ2v) is 5.88. The maximum Gasteiger partial charge on any atom is 0.309 e. The Morgan fingerprint density at radius 3 is 2.54 bits per heavy atom. The summed E-state index contributed by atoms with van der Waals surface area (Å²) in [6, 6.07) is 9.37. The van der Waals surface area contributed by atoms with Crippen molar-refractivity contribution < 1.29 is 14.3 Å². The molecule has 2 rings (SSSR count). The van der Waals surface area contributed by atoms with E-state index in [9.17, 15) is 9.59 Å². The smallest absolute Gasteiger partial charge is 0.309 e. The highest BCUT2D eigenvalue weighted by atomic mass is 16.5. The SMILES string of the molecule is CCOC(=O)C1CCN(CC(=O)Nc2ccc(CC#N)cc2)CC1. The van der Waals surface area contributed by atoms with E-state index in [2.05, 4.69) is 16.3 Å². The van der Waals surface area contributed by atoms with Crippen LogP contribution in [0.4, 0.5) is 5.69 Å². The number of ether oxygens (including phenoxy) is 1. The van der Waals surface area contributed by atoms with E-state index in [0.29, 0.717) is 19.6 Å². The number of nitriles is 1. The molecule has 1 aliphatic heterocycles. The van der Waals surface area contributed by atoms with E-state index in [1.54, 1.807) is 12.1 Å². The summed E-state index contributed by atoms with van der Waals surface area (Å²) in [5.41, 5.74) is 1.65. The van der Waals surface area contributed by atoms with Gasteiger partial charge in [0.1, 0.15) is 0 Å². The number of hydrogen-bond donors (Lipinski definition) is 1. The van der Waals surface area contributed by atoms with Crippen molar-refractivity contribution in [2.75, 3.05) is 31.6 Å². The van der Waals surface area contributed by atoms with Crippen molar-refractivity contribution in [3.05, 3.63) is 29.8 Å². The molecule has 6 heteroatoms. The molecule has 1 saturated heterocycles. The second-order valence-electron chi connectivity index (χ2n) is 5.88. The zero-order valence-corrected chi connectivity index (χ0v) is 14.0. The molecule has 1 aliphatic rings. The van der Waals surface area contributed by atoms with Crippen molar-refractivity contribution >= 4 is 17.6 Å². The molecule has 0 atom stereocenters. The summed E-state index contributed by atoms with van der Waals surface area (Å²) in [4.78, 5) is 25.9. The Morgan fingerprint density at radius 1 is 1.29 bits per heavy atom. The van der Waals surface area contributed by atoms with E-state index in [1.807, 2.05) is 19.1 Å². The standard InChI is InChI=1S/C18H23N3O3/c1-2-24-18(23)15-8-11-21(12-9-15)13-17(22)20-16-5-3-14(4-6-16)7-10-19/h3-6,15H,2,7-9,11-13H2,1H3,(H,20,22). The first-order valence-electron chi connectivity index (χ1n) is 8.27. The monoisotopic (exact) mass is 329 g/mol. The van der Waals surface area contributed by atoms with Crippen molar-refractivity contribution in [2.45, 2.75) is 26.2 Å². The number of benzene rings is 1. The number of esters is 1. The van der Waals surface area contributed by atoms with Gasteiger partial charge >= 0.3 is 5.97 Å². The number of rotatable bonds is 6. The Balaban J connectivity index is 1.75. The van der Waals surface area contributed by atoms with E-state index in [-0.39, 0.29) is 17.8 Å². The van der Waals surface area contributed by atoms with Crippen LogP contribution in [0.2, 0.25) is 0 Å². The van der Waals surface area contributed by atoms with Crippen LogP contribution in [0.1, 0.15) is 25.3 Å². The van der Waals surface area contributed by atoms with Crippen molar-refractivity contribution in [1.29, 1.82) is 5.26 Å². The highest BCUT2D eigenvalue weighted by Gasteiger charge is 2.26. The Kier molecular flexibility index (Phi) is 6.76. The Bertz CT molecular complexity index is 599. The Hall–Kier alpha value is -2.39. The van der Waals surface area contributed by atoms with Crippen LogP contribution in [0.3, 0.4) is 0 Å². The molecule has 0 radical (unpaired) electrons. The van der Waals surface area contributed by atoms with Crippen LogP contribution in [-0.2, 0) is 20.7 Å². The highest BCUT2D eigenvalue weighted by Crippen LogP contribution is 2.18. The van der Waals surface area contributed by atoms with Crippen molar-refractivity contribution in [3.8, 4) is 6.07 Å². The van der Waals surface area contributed by atoms with Gasteiger partial charge in [0.2, 0.25) is 5.91 Å². The molecule has 1 N–H and O–H groups in total. The lowest BCUT2D eigenvalue weighted by atomic mass is 9.97. The van der Waals surface area contributed by atoms with Gasteiger partial charge in [-0.3, -0.25) is 14.5 Å². The van der Waals surface area contributed by atoms with Crippen LogP contribution >= 0.6 is 0 Å². The third-order valence-electron chi connectivity index (χ3n) is 4.10.